The van der Waals surface area contributed by atoms with Gasteiger partial charge in [0.05, 0.1) is 23.2 Å². The second-order valence-electron chi connectivity index (χ2n) is 8.10. The van der Waals surface area contributed by atoms with Crippen LogP contribution in [-0.4, -0.2) is 36.1 Å². The lowest BCUT2D eigenvalue weighted by Crippen LogP contribution is -2.23. The minimum atomic E-state index is -0.194. The third kappa shape index (κ3) is 5.15. The van der Waals surface area contributed by atoms with Crippen LogP contribution in [0.15, 0.2) is 50.8 Å². The highest BCUT2D eigenvalue weighted by Gasteiger charge is 2.14. The number of rotatable bonds is 7. The van der Waals surface area contributed by atoms with E-state index in [9.17, 15) is 4.79 Å². The summed E-state index contributed by atoms with van der Waals surface area (Å²) in [6.07, 6.45) is 2.64. The number of hydrogen-bond acceptors (Lipinski definition) is 5. The number of ether oxygens (including phenoxy) is 1. The first-order valence-electron chi connectivity index (χ1n) is 10.5. The lowest BCUT2D eigenvalue weighted by atomic mass is 10.1. The van der Waals surface area contributed by atoms with Crippen molar-refractivity contribution in [3.63, 3.8) is 0 Å². The van der Waals surface area contributed by atoms with E-state index < -0.39 is 0 Å². The van der Waals surface area contributed by atoms with E-state index in [0.717, 1.165) is 27.9 Å². The molecule has 1 atom stereocenters. The molecule has 0 aliphatic rings. The van der Waals surface area contributed by atoms with E-state index in [0.29, 0.717) is 16.7 Å². The molecule has 3 rings (SSSR count). The van der Waals surface area contributed by atoms with Crippen LogP contribution in [0, 0.1) is 0 Å². The van der Waals surface area contributed by atoms with Crippen molar-refractivity contribution in [1.29, 1.82) is 0 Å². The molecule has 0 fully saturated rings. The second kappa shape index (κ2) is 9.64. The first-order valence-corrected chi connectivity index (χ1v) is 11.2. The van der Waals surface area contributed by atoms with Gasteiger partial charge in [0.15, 0.2) is 0 Å². The number of benzene rings is 2. The number of aromatic nitrogens is 2. The van der Waals surface area contributed by atoms with Crippen LogP contribution >= 0.6 is 15.9 Å². The molecular weight excluding hydrogens is 456 g/mol. The zero-order chi connectivity index (χ0) is 22.7. The molecule has 1 heterocycles. The van der Waals surface area contributed by atoms with Crippen LogP contribution in [0.3, 0.4) is 0 Å². The molecule has 0 spiro atoms. The SMILES string of the molecule is CC[C@@H](C)Oc1cc(N(C)C)ccc1C=Nn1c(C(C)C)nc2ccc(Br)cc2c1=O. The molecule has 3 aromatic rings. The summed E-state index contributed by atoms with van der Waals surface area (Å²) in [7, 11) is 3.98. The molecule has 2 aromatic carbocycles. The maximum absolute atomic E-state index is 13.2. The first kappa shape index (κ1) is 23.0. The Balaban J connectivity index is 2.13. The monoisotopic (exact) mass is 484 g/mol. The highest BCUT2D eigenvalue weighted by Crippen LogP contribution is 2.26. The number of nitrogens with zero attached hydrogens (tertiary/aromatic N) is 4. The van der Waals surface area contributed by atoms with Crippen molar-refractivity contribution >= 4 is 38.7 Å². The Hall–Kier alpha value is -2.67. The van der Waals surface area contributed by atoms with Crippen LogP contribution in [0.2, 0.25) is 0 Å². The van der Waals surface area contributed by atoms with E-state index >= 15 is 0 Å². The largest absolute Gasteiger partial charge is 0.490 e. The van der Waals surface area contributed by atoms with Gasteiger partial charge in [0.2, 0.25) is 0 Å². The summed E-state index contributed by atoms with van der Waals surface area (Å²) in [5.74, 6) is 1.38. The van der Waals surface area contributed by atoms with Crippen LogP contribution in [0.5, 0.6) is 5.75 Å². The lowest BCUT2D eigenvalue weighted by Gasteiger charge is -2.19. The van der Waals surface area contributed by atoms with E-state index in [4.69, 9.17) is 9.72 Å². The van der Waals surface area contributed by atoms with E-state index in [-0.39, 0.29) is 17.6 Å². The Morgan fingerprint density at radius 2 is 1.94 bits per heavy atom. The van der Waals surface area contributed by atoms with Gasteiger partial charge in [-0.3, -0.25) is 4.79 Å². The zero-order valence-electron chi connectivity index (χ0n) is 18.9. The van der Waals surface area contributed by atoms with Gasteiger partial charge in [0.1, 0.15) is 11.6 Å². The molecule has 164 valence electrons. The molecule has 0 bridgehead atoms. The molecule has 0 unspecified atom stereocenters. The molecule has 0 aliphatic carbocycles. The second-order valence-corrected chi connectivity index (χ2v) is 9.02. The molecule has 0 amide bonds. The molecule has 0 saturated carbocycles. The molecule has 7 heteroatoms. The van der Waals surface area contributed by atoms with Gasteiger partial charge in [-0.1, -0.05) is 36.7 Å². The van der Waals surface area contributed by atoms with Gasteiger partial charge < -0.3 is 9.64 Å². The third-order valence-electron chi connectivity index (χ3n) is 5.08. The molecule has 1 aromatic heterocycles. The minimum Gasteiger partial charge on any atom is -0.490 e. The maximum atomic E-state index is 13.2. The maximum Gasteiger partial charge on any atom is 0.282 e. The van der Waals surface area contributed by atoms with E-state index in [1.165, 1.54) is 4.68 Å². The summed E-state index contributed by atoms with van der Waals surface area (Å²) in [6.45, 7) is 8.13. The van der Waals surface area contributed by atoms with Crippen molar-refractivity contribution < 1.29 is 4.74 Å². The number of hydrogen-bond donors (Lipinski definition) is 0. The summed E-state index contributed by atoms with van der Waals surface area (Å²) in [4.78, 5) is 20.0. The topological polar surface area (TPSA) is 59.7 Å². The average molecular weight is 485 g/mol. The van der Waals surface area contributed by atoms with Gasteiger partial charge in [0.25, 0.3) is 5.56 Å². The van der Waals surface area contributed by atoms with Crippen LogP contribution in [-0.2, 0) is 0 Å². The number of anilines is 1. The predicted octanol–water partition coefficient (Wildman–Crippen LogP) is 5.41. The van der Waals surface area contributed by atoms with Crippen molar-refractivity contribution in [3.8, 4) is 5.75 Å². The molecule has 6 nitrogen and oxygen atoms in total. The Morgan fingerprint density at radius 1 is 1.19 bits per heavy atom. The average Bonchev–Trinajstić information content (AvgIpc) is 2.73. The van der Waals surface area contributed by atoms with Crippen LogP contribution in [0.1, 0.15) is 51.4 Å². The smallest absolute Gasteiger partial charge is 0.282 e. The van der Waals surface area contributed by atoms with Gasteiger partial charge in [-0.2, -0.15) is 9.78 Å². The van der Waals surface area contributed by atoms with Crippen molar-refractivity contribution in [2.45, 2.75) is 46.1 Å². The molecule has 31 heavy (non-hydrogen) atoms. The number of halogens is 1. The fourth-order valence-corrected chi connectivity index (χ4v) is 3.44. The van der Waals surface area contributed by atoms with E-state index in [1.807, 2.05) is 70.1 Å². The molecule has 0 saturated heterocycles. The number of fused-ring (bicyclic) bond motifs is 1. The Bertz CT molecular complexity index is 1170. The van der Waals surface area contributed by atoms with Gasteiger partial charge >= 0.3 is 0 Å². The summed E-state index contributed by atoms with van der Waals surface area (Å²) in [5.41, 5.74) is 2.31. The molecule has 0 aliphatic heterocycles. The summed E-state index contributed by atoms with van der Waals surface area (Å²) in [6, 6.07) is 11.5. The molecular formula is C24H29BrN4O2. The summed E-state index contributed by atoms with van der Waals surface area (Å²) >= 11 is 3.44. The van der Waals surface area contributed by atoms with Crippen molar-refractivity contribution in [1.82, 2.24) is 9.66 Å². The fraction of sp³-hybridized carbons (Fsp3) is 0.375. The highest BCUT2D eigenvalue weighted by atomic mass is 79.9. The fourth-order valence-electron chi connectivity index (χ4n) is 3.08. The first-order chi connectivity index (χ1) is 14.7. The third-order valence-corrected chi connectivity index (χ3v) is 5.57. The summed E-state index contributed by atoms with van der Waals surface area (Å²) in [5, 5.41) is 5.08. The van der Waals surface area contributed by atoms with Crippen LogP contribution in [0.25, 0.3) is 10.9 Å². The van der Waals surface area contributed by atoms with Crippen molar-refractivity contribution in [2.75, 3.05) is 19.0 Å². The van der Waals surface area contributed by atoms with Crippen LogP contribution < -0.4 is 15.2 Å². The Morgan fingerprint density at radius 3 is 2.58 bits per heavy atom. The standard InChI is InChI=1S/C24H29BrN4O2/c1-7-16(4)31-22-13-19(28(5)6)10-8-17(22)14-26-29-23(15(2)3)27-21-11-9-18(25)12-20(21)24(29)30/h8-16H,7H2,1-6H3/t16-/m1/s1. The quantitative estimate of drug-likeness (QED) is 0.420. The van der Waals surface area contributed by atoms with Crippen LogP contribution in [0.4, 0.5) is 5.69 Å². The van der Waals surface area contributed by atoms with Gasteiger partial charge in [-0.15, -0.1) is 0 Å². The van der Waals surface area contributed by atoms with Gasteiger partial charge in [-0.05, 0) is 43.7 Å². The molecule has 0 radical (unpaired) electrons. The Kier molecular flexibility index (Phi) is 7.15. The minimum absolute atomic E-state index is 0.0323. The zero-order valence-corrected chi connectivity index (χ0v) is 20.5. The van der Waals surface area contributed by atoms with E-state index in [2.05, 4.69) is 28.0 Å². The van der Waals surface area contributed by atoms with Crippen molar-refractivity contribution in [3.05, 3.63) is 62.6 Å². The molecule has 0 N–H and O–H groups in total. The predicted molar refractivity (Wildman–Crippen MR) is 132 cm³/mol. The van der Waals surface area contributed by atoms with Gasteiger partial charge in [0, 0.05) is 41.8 Å². The lowest BCUT2D eigenvalue weighted by molar-refractivity contribution is 0.217. The van der Waals surface area contributed by atoms with Crippen molar-refractivity contribution in [2.24, 2.45) is 5.10 Å². The van der Waals surface area contributed by atoms with E-state index in [1.54, 1.807) is 12.3 Å². The van der Waals surface area contributed by atoms with Gasteiger partial charge in [-0.25, -0.2) is 4.98 Å². The Labute approximate surface area is 191 Å². The normalized spacial score (nSPS) is 12.6. The summed E-state index contributed by atoms with van der Waals surface area (Å²) < 4.78 is 8.36. The highest BCUT2D eigenvalue weighted by molar-refractivity contribution is 9.10.